The van der Waals surface area contributed by atoms with E-state index in [9.17, 15) is 9.59 Å². The average molecular weight is 456 g/mol. The van der Waals surface area contributed by atoms with Crippen molar-refractivity contribution in [2.45, 2.75) is 26.2 Å². The highest BCUT2D eigenvalue weighted by atomic mass is 35.5. The maximum Gasteiger partial charge on any atom is 0.228 e. The van der Waals surface area contributed by atoms with Gasteiger partial charge >= 0.3 is 0 Å². The van der Waals surface area contributed by atoms with Gasteiger partial charge in [-0.3, -0.25) is 9.59 Å². The summed E-state index contributed by atoms with van der Waals surface area (Å²) in [5.41, 5.74) is 3.39. The van der Waals surface area contributed by atoms with Crippen LogP contribution in [0.5, 0.6) is 0 Å². The third-order valence-corrected chi connectivity index (χ3v) is 5.13. The Balaban J connectivity index is 1.70. The molecule has 5 nitrogen and oxygen atoms in total. The number of rotatable bonds is 8. The maximum absolute atomic E-state index is 12.7. The van der Waals surface area contributed by atoms with Crippen molar-refractivity contribution < 1.29 is 9.59 Å². The molecule has 160 valence electrons. The van der Waals surface area contributed by atoms with Crippen LogP contribution in [-0.4, -0.2) is 11.8 Å². The minimum atomic E-state index is -0.184. The number of hydrogen-bond donors (Lipinski definition) is 3. The van der Waals surface area contributed by atoms with Crippen LogP contribution in [0.15, 0.2) is 66.7 Å². The van der Waals surface area contributed by atoms with Gasteiger partial charge in [0, 0.05) is 23.5 Å². The first-order valence-electron chi connectivity index (χ1n) is 9.95. The number of halogens is 2. The smallest absolute Gasteiger partial charge is 0.228 e. The summed E-state index contributed by atoms with van der Waals surface area (Å²) in [4.78, 5) is 24.5. The Bertz CT molecular complexity index is 1070. The van der Waals surface area contributed by atoms with Crippen molar-refractivity contribution in [2.24, 2.45) is 0 Å². The van der Waals surface area contributed by atoms with Crippen LogP contribution in [0.2, 0.25) is 10.0 Å². The van der Waals surface area contributed by atoms with Crippen molar-refractivity contribution in [3.63, 3.8) is 0 Å². The molecule has 0 heterocycles. The molecule has 3 N–H and O–H groups in total. The first-order chi connectivity index (χ1) is 15.0. The van der Waals surface area contributed by atoms with Gasteiger partial charge in [-0.05, 0) is 48.4 Å². The van der Waals surface area contributed by atoms with Crippen LogP contribution >= 0.6 is 23.2 Å². The van der Waals surface area contributed by atoms with Gasteiger partial charge < -0.3 is 16.0 Å². The first-order valence-corrected chi connectivity index (χ1v) is 10.7. The van der Waals surface area contributed by atoms with E-state index in [2.05, 4.69) is 16.0 Å². The summed E-state index contributed by atoms with van der Waals surface area (Å²) in [6.45, 7) is 1.95. The van der Waals surface area contributed by atoms with E-state index in [4.69, 9.17) is 23.2 Å². The van der Waals surface area contributed by atoms with Crippen LogP contribution in [0.4, 0.5) is 22.7 Å². The Kier molecular flexibility index (Phi) is 7.93. The van der Waals surface area contributed by atoms with Crippen molar-refractivity contribution >= 4 is 57.8 Å². The summed E-state index contributed by atoms with van der Waals surface area (Å²) in [7, 11) is 0. The molecule has 3 aromatic carbocycles. The van der Waals surface area contributed by atoms with Crippen molar-refractivity contribution in [3.05, 3.63) is 82.3 Å². The van der Waals surface area contributed by atoms with Crippen LogP contribution in [0.3, 0.4) is 0 Å². The van der Waals surface area contributed by atoms with Crippen LogP contribution in [0.25, 0.3) is 0 Å². The minimum Gasteiger partial charge on any atom is -0.353 e. The molecule has 3 aromatic rings. The molecule has 0 fully saturated rings. The number of benzene rings is 3. The summed E-state index contributed by atoms with van der Waals surface area (Å²) in [6, 6.07) is 19.8. The molecule has 0 radical (unpaired) electrons. The number of hydrogen-bond acceptors (Lipinski definition) is 3. The first kappa shape index (κ1) is 22.7. The molecule has 0 spiro atoms. The van der Waals surface area contributed by atoms with Crippen molar-refractivity contribution in [1.29, 1.82) is 0 Å². The van der Waals surface area contributed by atoms with Gasteiger partial charge in [-0.1, -0.05) is 60.5 Å². The molecule has 2 amide bonds. The predicted octanol–water partition coefficient (Wildman–Crippen LogP) is 6.66. The minimum absolute atomic E-state index is 0.0517. The zero-order valence-corrected chi connectivity index (χ0v) is 18.6. The molecule has 0 atom stereocenters. The van der Waals surface area contributed by atoms with E-state index < -0.39 is 0 Å². The van der Waals surface area contributed by atoms with E-state index in [0.717, 1.165) is 17.7 Å². The van der Waals surface area contributed by atoms with Crippen LogP contribution in [0.1, 0.15) is 25.3 Å². The molecule has 0 aliphatic rings. The molecule has 7 heteroatoms. The van der Waals surface area contributed by atoms with E-state index in [0.29, 0.717) is 33.5 Å². The second-order valence-corrected chi connectivity index (χ2v) is 7.80. The Morgan fingerprint density at radius 2 is 1.42 bits per heavy atom. The zero-order chi connectivity index (χ0) is 22.2. The van der Waals surface area contributed by atoms with Crippen LogP contribution < -0.4 is 16.0 Å². The monoisotopic (exact) mass is 455 g/mol. The maximum atomic E-state index is 12.7. The Labute approximate surface area is 191 Å². The van der Waals surface area contributed by atoms with Crippen molar-refractivity contribution in [1.82, 2.24) is 0 Å². The number of anilines is 4. The second-order valence-electron chi connectivity index (χ2n) is 6.98. The van der Waals surface area contributed by atoms with Gasteiger partial charge in [0.1, 0.15) is 0 Å². The number of nitrogens with one attached hydrogen (secondary N) is 3. The lowest BCUT2D eigenvalue weighted by Crippen LogP contribution is -2.16. The highest BCUT2D eigenvalue weighted by Crippen LogP contribution is 2.33. The van der Waals surface area contributed by atoms with Gasteiger partial charge in [0.05, 0.1) is 22.2 Å². The summed E-state index contributed by atoms with van der Waals surface area (Å²) >= 11 is 12.5. The molecule has 3 rings (SSSR count). The molecule has 0 bridgehead atoms. The quantitative estimate of drug-likeness (QED) is 0.355. The third-order valence-electron chi connectivity index (χ3n) is 4.50. The Hall–Kier alpha value is -3.02. The lowest BCUT2D eigenvalue weighted by Gasteiger charge is -2.14. The Morgan fingerprint density at radius 3 is 2.10 bits per heavy atom. The van der Waals surface area contributed by atoms with E-state index in [1.165, 1.54) is 0 Å². The predicted molar refractivity (Wildman–Crippen MR) is 129 cm³/mol. The van der Waals surface area contributed by atoms with Gasteiger partial charge in [-0.25, -0.2) is 0 Å². The molecule has 0 saturated carbocycles. The lowest BCUT2D eigenvalue weighted by molar-refractivity contribution is -0.116. The highest BCUT2D eigenvalue weighted by Gasteiger charge is 2.12. The normalized spacial score (nSPS) is 10.4. The largest absolute Gasteiger partial charge is 0.353 e. The second kappa shape index (κ2) is 10.8. The zero-order valence-electron chi connectivity index (χ0n) is 17.0. The molecule has 0 aromatic heterocycles. The van der Waals surface area contributed by atoms with E-state index in [-0.39, 0.29) is 18.2 Å². The van der Waals surface area contributed by atoms with Gasteiger partial charge in [0.25, 0.3) is 0 Å². The molecular weight excluding hydrogens is 433 g/mol. The summed E-state index contributed by atoms with van der Waals surface area (Å²) < 4.78 is 0. The van der Waals surface area contributed by atoms with Crippen LogP contribution in [-0.2, 0) is 16.0 Å². The number of carbonyl (C=O) groups excluding carboxylic acids is 2. The number of amides is 2. The molecule has 0 aliphatic heterocycles. The van der Waals surface area contributed by atoms with Crippen molar-refractivity contribution in [3.8, 4) is 0 Å². The summed E-state index contributed by atoms with van der Waals surface area (Å²) in [5, 5.41) is 9.93. The third kappa shape index (κ3) is 6.48. The van der Waals surface area contributed by atoms with Gasteiger partial charge in [-0.15, -0.1) is 0 Å². The average Bonchev–Trinajstić information content (AvgIpc) is 2.72. The molecular formula is C24H23Cl2N3O2. The number of carbonyl (C=O) groups is 2. The topological polar surface area (TPSA) is 70.2 Å². The molecule has 0 aliphatic carbocycles. The standard InChI is InChI=1S/C24H23Cl2N3O2/c1-2-7-22(30)27-17-9-5-10-18(15-17)28-23(31)14-16-8-3-4-13-21(16)29-24-19(25)11-6-12-20(24)26/h3-6,8-13,15,29H,2,7,14H2,1H3,(H,27,30)(H,28,31). The fourth-order valence-corrected chi connectivity index (χ4v) is 3.54. The van der Waals surface area contributed by atoms with Crippen molar-refractivity contribution in [2.75, 3.05) is 16.0 Å². The van der Waals surface area contributed by atoms with E-state index >= 15 is 0 Å². The van der Waals surface area contributed by atoms with E-state index in [1.807, 2.05) is 31.2 Å². The molecule has 31 heavy (non-hydrogen) atoms. The Morgan fingerprint density at radius 1 is 0.806 bits per heavy atom. The van der Waals surface area contributed by atoms with Gasteiger partial charge in [0.15, 0.2) is 0 Å². The fraction of sp³-hybridized carbons (Fsp3) is 0.167. The van der Waals surface area contributed by atoms with E-state index in [1.54, 1.807) is 42.5 Å². The fourth-order valence-electron chi connectivity index (χ4n) is 3.05. The molecule has 0 unspecified atom stereocenters. The lowest BCUT2D eigenvalue weighted by atomic mass is 10.1. The molecule has 0 saturated heterocycles. The summed E-state index contributed by atoms with van der Waals surface area (Å²) in [6.07, 6.45) is 1.38. The highest BCUT2D eigenvalue weighted by molar-refractivity contribution is 6.39. The SMILES string of the molecule is CCCC(=O)Nc1cccc(NC(=O)Cc2ccccc2Nc2c(Cl)cccc2Cl)c1. The summed E-state index contributed by atoms with van der Waals surface area (Å²) in [5.74, 6) is -0.235. The van der Waals surface area contributed by atoms with Crippen LogP contribution in [0, 0.1) is 0 Å². The number of para-hydroxylation sites is 2. The van der Waals surface area contributed by atoms with Gasteiger partial charge in [0.2, 0.25) is 11.8 Å². The van der Waals surface area contributed by atoms with Gasteiger partial charge in [-0.2, -0.15) is 0 Å².